The Morgan fingerprint density at radius 1 is 1.16 bits per heavy atom. The van der Waals surface area contributed by atoms with Crippen molar-refractivity contribution in [1.82, 2.24) is 9.88 Å². The first-order valence-corrected chi connectivity index (χ1v) is 8.23. The lowest BCUT2D eigenvalue weighted by atomic mass is 10.0. The number of aromatic nitrogens is 1. The van der Waals surface area contributed by atoms with Crippen molar-refractivity contribution >= 4 is 5.97 Å². The molecule has 0 atom stereocenters. The molecule has 6 heteroatoms. The van der Waals surface area contributed by atoms with Gasteiger partial charge in [0.1, 0.15) is 0 Å². The van der Waals surface area contributed by atoms with E-state index < -0.39 is 5.97 Å². The van der Waals surface area contributed by atoms with Crippen LogP contribution < -0.4 is 0 Å². The molecule has 0 unspecified atom stereocenters. The predicted molar refractivity (Wildman–Crippen MR) is 90.3 cm³/mol. The lowest BCUT2D eigenvalue weighted by Crippen LogP contribution is -2.25. The number of carboxylic acids is 1. The Labute approximate surface area is 144 Å². The second-order valence-electron chi connectivity index (χ2n) is 6.22. The third-order valence-electron chi connectivity index (χ3n) is 4.56. The van der Waals surface area contributed by atoms with Gasteiger partial charge in [-0.15, -0.1) is 0 Å². The number of fused-ring (bicyclic) bond motifs is 1. The van der Waals surface area contributed by atoms with E-state index in [1.165, 1.54) is 12.5 Å². The van der Waals surface area contributed by atoms with E-state index in [4.69, 9.17) is 8.83 Å². The van der Waals surface area contributed by atoms with Crippen LogP contribution in [0, 0.1) is 0 Å². The van der Waals surface area contributed by atoms with Crippen molar-refractivity contribution in [2.75, 3.05) is 13.1 Å². The van der Waals surface area contributed by atoms with Crippen LogP contribution >= 0.6 is 0 Å². The zero-order valence-corrected chi connectivity index (χ0v) is 13.6. The van der Waals surface area contributed by atoms with Crippen molar-refractivity contribution < 1.29 is 18.7 Å². The minimum Gasteiger partial charge on any atom is -0.478 e. The van der Waals surface area contributed by atoms with Crippen LogP contribution in [-0.4, -0.2) is 34.0 Å². The highest BCUT2D eigenvalue weighted by Crippen LogP contribution is 2.27. The first-order valence-electron chi connectivity index (χ1n) is 8.23. The van der Waals surface area contributed by atoms with E-state index >= 15 is 0 Å². The SMILES string of the molecule is O=C(O)c1cc2c(nc1-c1ccoc1)CCN(Cc1ccoc1)CC2. The smallest absolute Gasteiger partial charge is 0.337 e. The first-order chi connectivity index (χ1) is 12.2. The van der Waals surface area contributed by atoms with Crippen molar-refractivity contribution in [1.29, 1.82) is 0 Å². The maximum Gasteiger partial charge on any atom is 0.337 e. The molecule has 0 aromatic carbocycles. The molecule has 6 nitrogen and oxygen atoms in total. The summed E-state index contributed by atoms with van der Waals surface area (Å²) in [6, 6.07) is 5.48. The first kappa shape index (κ1) is 15.7. The van der Waals surface area contributed by atoms with Crippen LogP contribution in [0.2, 0.25) is 0 Å². The van der Waals surface area contributed by atoms with Gasteiger partial charge >= 0.3 is 5.97 Å². The molecule has 1 N–H and O–H groups in total. The summed E-state index contributed by atoms with van der Waals surface area (Å²) in [6.45, 7) is 2.57. The van der Waals surface area contributed by atoms with Crippen molar-refractivity contribution in [3.05, 3.63) is 65.6 Å². The Morgan fingerprint density at radius 2 is 1.96 bits per heavy atom. The number of carbonyl (C=O) groups is 1. The van der Waals surface area contributed by atoms with Crippen LogP contribution in [-0.2, 0) is 19.4 Å². The van der Waals surface area contributed by atoms with E-state index in [2.05, 4.69) is 9.88 Å². The zero-order chi connectivity index (χ0) is 17.2. The molecule has 4 heterocycles. The summed E-state index contributed by atoms with van der Waals surface area (Å²) in [4.78, 5) is 18.7. The Balaban J connectivity index is 1.63. The molecule has 25 heavy (non-hydrogen) atoms. The molecule has 0 aliphatic carbocycles. The van der Waals surface area contributed by atoms with Gasteiger partial charge in [-0.2, -0.15) is 0 Å². The minimum absolute atomic E-state index is 0.225. The van der Waals surface area contributed by atoms with Gasteiger partial charge in [-0.1, -0.05) is 0 Å². The van der Waals surface area contributed by atoms with Gasteiger partial charge in [-0.05, 0) is 30.2 Å². The Kier molecular flexibility index (Phi) is 4.11. The van der Waals surface area contributed by atoms with E-state index in [1.54, 1.807) is 24.7 Å². The van der Waals surface area contributed by atoms with E-state index in [9.17, 15) is 9.90 Å². The molecule has 1 aliphatic rings. The maximum atomic E-state index is 11.7. The number of hydrogen-bond acceptors (Lipinski definition) is 5. The minimum atomic E-state index is -0.967. The van der Waals surface area contributed by atoms with Gasteiger partial charge in [-0.25, -0.2) is 4.79 Å². The molecule has 0 amide bonds. The van der Waals surface area contributed by atoms with Gasteiger partial charge in [0.05, 0.1) is 36.3 Å². The normalized spacial score (nSPS) is 14.9. The average Bonchev–Trinajstić information content (AvgIpc) is 3.27. The quantitative estimate of drug-likeness (QED) is 0.787. The Morgan fingerprint density at radius 3 is 2.68 bits per heavy atom. The van der Waals surface area contributed by atoms with Crippen LogP contribution in [0.3, 0.4) is 0 Å². The molecule has 0 saturated carbocycles. The summed E-state index contributed by atoms with van der Waals surface area (Å²) in [5, 5.41) is 9.57. The number of carboxylic acid groups (broad SMARTS) is 1. The van der Waals surface area contributed by atoms with Gasteiger partial charge in [0, 0.05) is 42.9 Å². The molecule has 0 spiro atoms. The van der Waals surface area contributed by atoms with Gasteiger partial charge < -0.3 is 13.9 Å². The molecule has 0 bridgehead atoms. The van der Waals surface area contributed by atoms with E-state index in [0.717, 1.165) is 49.3 Å². The van der Waals surface area contributed by atoms with Gasteiger partial charge in [-0.3, -0.25) is 9.88 Å². The average molecular weight is 338 g/mol. The van der Waals surface area contributed by atoms with Gasteiger partial charge in [0.25, 0.3) is 0 Å². The molecule has 3 aromatic rings. The summed E-state index contributed by atoms with van der Waals surface area (Å²) in [5.74, 6) is -0.967. The van der Waals surface area contributed by atoms with Gasteiger partial charge in [0.2, 0.25) is 0 Å². The number of furan rings is 2. The van der Waals surface area contributed by atoms with Crippen LogP contribution in [0.15, 0.2) is 52.1 Å². The third kappa shape index (κ3) is 3.21. The third-order valence-corrected chi connectivity index (χ3v) is 4.56. The van der Waals surface area contributed by atoms with Crippen molar-refractivity contribution in [2.24, 2.45) is 0 Å². The second kappa shape index (κ2) is 6.57. The van der Waals surface area contributed by atoms with Gasteiger partial charge in [0.15, 0.2) is 0 Å². The number of pyridine rings is 1. The molecule has 128 valence electrons. The van der Waals surface area contributed by atoms with E-state index in [-0.39, 0.29) is 5.56 Å². The van der Waals surface area contributed by atoms with Crippen LogP contribution in [0.5, 0.6) is 0 Å². The van der Waals surface area contributed by atoms with E-state index in [0.29, 0.717) is 11.3 Å². The zero-order valence-electron chi connectivity index (χ0n) is 13.6. The highest BCUT2D eigenvalue weighted by molar-refractivity contribution is 5.95. The fraction of sp³-hybridized carbons (Fsp3) is 0.263. The molecular weight excluding hydrogens is 320 g/mol. The summed E-state index contributed by atoms with van der Waals surface area (Å²) >= 11 is 0. The monoisotopic (exact) mass is 338 g/mol. The van der Waals surface area contributed by atoms with Crippen LogP contribution in [0.4, 0.5) is 0 Å². The summed E-state index contributed by atoms with van der Waals surface area (Å²) in [7, 11) is 0. The standard InChI is InChI=1S/C19H18N2O4/c22-19(23)16-9-14-1-5-21(10-13-3-7-24-11-13)6-2-17(14)20-18(16)15-4-8-25-12-15/h3-4,7-9,11-12H,1-2,5-6,10H2,(H,22,23). The van der Waals surface area contributed by atoms with Crippen LogP contribution in [0.1, 0.15) is 27.2 Å². The van der Waals surface area contributed by atoms with Crippen molar-refractivity contribution in [3.8, 4) is 11.3 Å². The fourth-order valence-electron chi connectivity index (χ4n) is 3.26. The number of nitrogens with zero attached hydrogens (tertiary/aromatic N) is 2. The molecule has 0 fully saturated rings. The maximum absolute atomic E-state index is 11.7. The molecular formula is C19H18N2O4. The van der Waals surface area contributed by atoms with E-state index in [1.807, 2.05) is 6.07 Å². The lowest BCUT2D eigenvalue weighted by molar-refractivity contribution is 0.0697. The molecule has 4 rings (SSSR count). The summed E-state index contributed by atoms with van der Waals surface area (Å²) in [5.41, 5.74) is 4.52. The molecule has 1 aliphatic heterocycles. The lowest BCUT2D eigenvalue weighted by Gasteiger charge is -2.18. The summed E-state index contributed by atoms with van der Waals surface area (Å²) < 4.78 is 10.2. The van der Waals surface area contributed by atoms with Crippen molar-refractivity contribution in [3.63, 3.8) is 0 Å². The Bertz CT molecular complexity index is 869. The van der Waals surface area contributed by atoms with Crippen LogP contribution in [0.25, 0.3) is 11.3 Å². The molecule has 0 radical (unpaired) electrons. The number of rotatable bonds is 4. The molecule has 3 aromatic heterocycles. The topological polar surface area (TPSA) is 79.7 Å². The Hall–Kier alpha value is -2.86. The summed E-state index contributed by atoms with van der Waals surface area (Å²) in [6.07, 6.45) is 8.07. The second-order valence-corrected chi connectivity index (χ2v) is 6.22. The predicted octanol–water partition coefficient (Wildman–Crippen LogP) is 3.23. The largest absolute Gasteiger partial charge is 0.478 e. The fourth-order valence-corrected chi connectivity index (χ4v) is 3.26. The van der Waals surface area contributed by atoms with Crippen molar-refractivity contribution in [2.45, 2.75) is 19.4 Å². The molecule has 0 saturated heterocycles. The highest BCUT2D eigenvalue weighted by atomic mass is 16.4. The highest BCUT2D eigenvalue weighted by Gasteiger charge is 2.21. The number of aromatic carboxylic acids is 1. The number of hydrogen-bond donors (Lipinski definition) is 1.